The second-order valence-electron chi connectivity index (χ2n) is 4.47. The van der Waals surface area contributed by atoms with E-state index >= 15 is 0 Å². The summed E-state index contributed by atoms with van der Waals surface area (Å²) in [5.41, 5.74) is 3.84. The normalized spacial score (nSPS) is 10.3. The maximum Gasteiger partial charge on any atom is 0.0445 e. The molecule has 0 amide bonds. The fourth-order valence-corrected chi connectivity index (χ4v) is 2.47. The van der Waals surface area contributed by atoms with Crippen molar-refractivity contribution in [3.63, 3.8) is 0 Å². The van der Waals surface area contributed by atoms with Crippen LogP contribution < -0.4 is 4.72 Å². The summed E-state index contributed by atoms with van der Waals surface area (Å²) in [5.74, 6) is 0. The van der Waals surface area contributed by atoms with Crippen LogP contribution >= 0.6 is 11.9 Å². The molecule has 0 spiro atoms. The highest BCUT2D eigenvalue weighted by atomic mass is 32.2. The minimum Gasteiger partial charge on any atom is -0.326 e. The van der Waals surface area contributed by atoms with Crippen LogP contribution in [0.25, 0.3) is 0 Å². The van der Waals surface area contributed by atoms with Gasteiger partial charge in [-0.05, 0) is 60.7 Å². The number of hydrogen-bond acceptors (Lipinski definition) is 2. The van der Waals surface area contributed by atoms with Crippen molar-refractivity contribution in [2.75, 3.05) is 4.72 Å². The molecule has 2 aromatic rings. The summed E-state index contributed by atoms with van der Waals surface area (Å²) < 4.78 is 3.37. The molecule has 0 radical (unpaired) electrons. The fourth-order valence-electron chi connectivity index (χ4n) is 1.84. The smallest absolute Gasteiger partial charge is 0.0445 e. The van der Waals surface area contributed by atoms with Crippen molar-refractivity contribution in [3.05, 3.63) is 59.7 Å². The van der Waals surface area contributed by atoms with Gasteiger partial charge in [0.05, 0.1) is 0 Å². The molecule has 0 saturated heterocycles. The van der Waals surface area contributed by atoms with Gasteiger partial charge in [0.15, 0.2) is 0 Å². The first kappa shape index (κ1) is 13.0. The van der Waals surface area contributed by atoms with E-state index in [0.29, 0.717) is 0 Å². The molecule has 0 fully saturated rings. The van der Waals surface area contributed by atoms with Crippen LogP contribution in [0, 0.1) is 6.92 Å². The van der Waals surface area contributed by atoms with Crippen molar-refractivity contribution in [1.82, 2.24) is 0 Å². The Morgan fingerprint density at radius 3 is 2.50 bits per heavy atom. The molecule has 2 aromatic carbocycles. The molecule has 0 heterocycles. The molecule has 1 N–H and O–H groups in total. The van der Waals surface area contributed by atoms with Gasteiger partial charge >= 0.3 is 0 Å². The van der Waals surface area contributed by atoms with Gasteiger partial charge in [-0.25, -0.2) is 0 Å². The van der Waals surface area contributed by atoms with Gasteiger partial charge in [0, 0.05) is 10.6 Å². The van der Waals surface area contributed by atoms with Gasteiger partial charge in [-0.1, -0.05) is 37.6 Å². The summed E-state index contributed by atoms with van der Waals surface area (Å²) in [6.45, 7) is 4.32. The van der Waals surface area contributed by atoms with E-state index < -0.39 is 0 Å². The SMILES string of the molecule is CCCc1ccc(SNc2cccc(C)c2)cc1. The molecular weight excluding hydrogens is 238 g/mol. The summed E-state index contributed by atoms with van der Waals surface area (Å²) in [6.07, 6.45) is 2.37. The summed E-state index contributed by atoms with van der Waals surface area (Å²) in [5, 5.41) is 0. The van der Waals surface area contributed by atoms with Gasteiger partial charge in [0.1, 0.15) is 0 Å². The molecule has 0 aliphatic heterocycles. The van der Waals surface area contributed by atoms with E-state index in [4.69, 9.17) is 0 Å². The summed E-state index contributed by atoms with van der Waals surface area (Å²) in [4.78, 5) is 1.25. The highest BCUT2D eigenvalue weighted by molar-refractivity contribution is 8.00. The lowest BCUT2D eigenvalue weighted by molar-refractivity contribution is 0.920. The Labute approximate surface area is 114 Å². The zero-order valence-electron chi connectivity index (χ0n) is 10.9. The molecule has 94 valence electrons. The number of benzene rings is 2. The maximum atomic E-state index is 3.37. The second-order valence-corrected chi connectivity index (χ2v) is 5.35. The molecule has 1 nitrogen and oxygen atoms in total. The number of hydrogen-bond donors (Lipinski definition) is 1. The Bertz CT molecular complexity index is 491. The van der Waals surface area contributed by atoms with E-state index in [1.54, 1.807) is 11.9 Å². The van der Waals surface area contributed by atoms with Gasteiger partial charge in [-0.2, -0.15) is 0 Å². The van der Waals surface area contributed by atoms with E-state index in [-0.39, 0.29) is 0 Å². The Morgan fingerprint density at radius 2 is 1.83 bits per heavy atom. The van der Waals surface area contributed by atoms with E-state index in [1.807, 2.05) is 0 Å². The molecule has 0 aliphatic carbocycles. The van der Waals surface area contributed by atoms with Gasteiger partial charge in [-0.3, -0.25) is 0 Å². The van der Waals surface area contributed by atoms with E-state index in [0.717, 1.165) is 12.1 Å². The number of anilines is 1. The lowest BCUT2D eigenvalue weighted by Crippen LogP contribution is -1.88. The standard InChI is InChI=1S/C16H19NS/c1-3-5-14-8-10-16(11-9-14)18-17-15-7-4-6-13(2)12-15/h4,6-12,17H,3,5H2,1-2H3. The van der Waals surface area contributed by atoms with Crippen molar-refractivity contribution in [3.8, 4) is 0 Å². The largest absolute Gasteiger partial charge is 0.326 e. The molecule has 2 heteroatoms. The molecule has 0 unspecified atom stereocenters. The van der Waals surface area contributed by atoms with Crippen LogP contribution in [0.15, 0.2) is 53.4 Å². The Morgan fingerprint density at radius 1 is 1.06 bits per heavy atom. The minimum atomic E-state index is 1.15. The van der Waals surface area contributed by atoms with Crippen molar-refractivity contribution >= 4 is 17.6 Å². The summed E-state index contributed by atoms with van der Waals surface area (Å²) >= 11 is 1.66. The summed E-state index contributed by atoms with van der Waals surface area (Å²) in [6, 6.07) is 17.2. The van der Waals surface area contributed by atoms with E-state index in [9.17, 15) is 0 Å². The number of aryl methyl sites for hydroxylation is 2. The minimum absolute atomic E-state index is 1.15. The van der Waals surface area contributed by atoms with Gasteiger partial charge in [0.25, 0.3) is 0 Å². The third kappa shape index (κ3) is 3.81. The molecule has 0 aromatic heterocycles. The lowest BCUT2D eigenvalue weighted by Gasteiger charge is -2.06. The Kier molecular flexibility index (Phi) is 4.71. The average molecular weight is 257 g/mol. The molecule has 0 saturated carbocycles. The van der Waals surface area contributed by atoms with Gasteiger partial charge < -0.3 is 4.72 Å². The quantitative estimate of drug-likeness (QED) is 0.751. The zero-order valence-corrected chi connectivity index (χ0v) is 11.8. The predicted molar refractivity (Wildman–Crippen MR) is 81.1 cm³/mol. The first-order valence-electron chi connectivity index (χ1n) is 6.36. The van der Waals surface area contributed by atoms with Crippen LogP contribution in [-0.4, -0.2) is 0 Å². The highest BCUT2D eigenvalue weighted by Gasteiger charge is 1.96. The Hall–Kier alpha value is -1.41. The van der Waals surface area contributed by atoms with Crippen molar-refractivity contribution < 1.29 is 0 Å². The molecule has 0 aliphatic rings. The average Bonchev–Trinajstić information content (AvgIpc) is 2.38. The van der Waals surface area contributed by atoms with Crippen molar-refractivity contribution in [2.45, 2.75) is 31.6 Å². The molecular formula is C16H19NS. The molecule has 0 bridgehead atoms. The maximum absolute atomic E-state index is 3.37. The first-order valence-corrected chi connectivity index (χ1v) is 7.18. The van der Waals surface area contributed by atoms with Crippen LogP contribution in [0.5, 0.6) is 0 Å². The fraction of sp³-hybridized carbons (Fsp3) is 0.250. The van der Waals surface area contributed by atoms with Crippen molar-refractivity contribution in [2.24, 2.45) is 0 Å². The van der Waals surface area contributed by atoms with Crippen LogP contribution in [-0.2, 0) is 6.42 Å². The summed E-state index contributed by atoms with van der Waals surface area (Å²) in [7, 11) is 0. The highest BCUT2D eigenvalue weighted by Crippen LogP contribution is 2.22. The molecule has 0 atom stereocenters. The first-order chi connectivity index (χ1) is 8.78. The van der Waals surface area contributed by atoms with Crippen LogP contribution in [0.1, 0.15) is 24.5 Å². The number of nitrogens with one attached hydrogen (secondary N) is 1. The van der Waals surface area contributed by atoms with Crippen molar-refractivity contribution in [1.29, 1.82) is 0 Å². The second kappa shape index (κ2) is 6.50. The predicted octanol–water partition coefficient (Wildman–Crippen LogP) is 5.07. The van der Waals surface area contributed by atoms with Gasteiger partial charge in [0.2, 0.25) is 0 Å². The van der Waals surface area contributed by atoms with Crippen LogP contribution in [0.3, 0.4) is 0 Å². The Balaban J connectivity index is 1.93. The van der Waals surface area contributed by atoms with Crippen LogP contribution in [0.2, 0.25) is 0 Å². The number of rotatable bonds is 5. The van der Waals surface area contributed by atoms with Crippen LogP contribution in [0.4, 0.5) is 5.69 Å². The van der Waals surface area contributed by atoms with Gasteiger partial charge in [-0.15, -0.1) is 0 Å². The van der Waals surface area contributed by atoms with E-state index in [1.165, 1.54) is 22.4 Å². The third-order valence-corrected chi connectivity index (χ3v) is 3.61. The monoisotopic (exact) mass is 257 g/mol. The molecule has 2 rings (SSSR count). The van der Waals surface area contributed by atoms with E-state index in [2.05, 4.69) is 67.1 Å². The zero-order chi connectivity index (χ0) is 12.8. The third-order valence-electron chi connectivity index (χ3n) is 2.77. The topological polar surface area (TPSA) is 12.0 Å². The molecule has 18 heavy (non-hydrogen) atoms. The lowest BCUT2D eigenvalue weighted by atomic mass is 10.1.